The second-order valence-electron chi connectivity index (χ2n) is 7.49. The van der Waals surface area contributed by atoms with Crippen molar-refractivity contribution in [3.05, 3.63) is 78.4 Å². The fourth-order valence-electron chi connectivity index (χ4n) is 4.02. The Kier molecular flexibility index (Phi) is 5.16. The minimum atomic E-state index is -0.126. The number of aromatic nitrogens is 2. The summed E-state index contributed by atoms with van der Waals surface area (Å²) in [6.07, 6.45) is 2.97. The summed E-state index contributed by atoms with van der Waals surface area (Å²) in [6, 6.07) is 24.6. The van der Waals surface area contributed by atoms with Crippen molar-refractivity contribution in [3.8, 4) is 11.3 Å². The van der Waals surface area contributed by atoms with Crippen molar-refractivity contribution in [2.24, 2.45) is 5.41 Å². The van der Waals surface area contributed by atoms with Crippen LogP contribution in [0.2, 0.25) is 0 Å². The minimum Gasteiger partial charge on any atom is -0.396 e. The summed E-state index contributed by atoms with van der Waals surface area (Å²) in [7, 11) is 0. The highest BCUT2D eigenvalue weighted by Crippen LogP contribution is 2.35. The van der Waals surface area contributed by atoms with Gasteiger partial charge < -0.3 is 10.0 Å². The highest BCUT2D eigenvalue weighted by atomic mass is 16.3. The Morgan fingerprint density at radius 1 is 0.889 bits per heavy atom. The molecule has 2 heterocycles. The van der Waals surface area contributed by atoms with Gasteiger partial charge in [0.15, 0.2) is 5.82 Å². The monoisotopic (exact) mass is 359 g/mol. The number of aliphatic hydroxyl groups is 1. The summed E-state index contributed by atoms with van der Waals surface area (Å²) in [5, 5.41) is 19.1. The number of nitrogens with zero attached hydrogens (tertiary/aromatic N) is 3. The van der Waals surface area contributed by atoms with Gasteiger partial charge >= 0.3 is 0 Å². The number of hydrogen-bond donors (Lipinski definition) is 1. The van der Waals surface area contributed by atoms with E-state index in [9.17, 15) is 5.11 Å². The average Bonchev–Trinajstić information content (AvgIpc) is 2.75. The molecule has 138 valence electrons. The summed E-state index contributed by atoms with van der Waals surface area (Å²) >= 11 is 0. The van der Waals surface area contributed by atoms with Gasteiger partial charge in [0, 0.05) is 24.1 Å². The molecule has 1 atom stereocenters. The molecule has 0 spiro atoms. The zero-order chi connectivity index (χ0) is 18.5. The number of aliphatic hydroxyl groups excluding tert-OH is 1. The third kappa shape index (κ3) is 4.01. The molecule has 1 aromatic heterocycles. The van der Waals surface area contributed by atoms with E-state index >= 15 is 0 Å². The molecule has 1 saturated heterocycles. The van der Waals surface area contributed by atoms with Crippen molar-refractivity contribution in [1.29, 1.82) is 0 Å². The number of hydrogen-bond acceptors (Lipinski definition) is 4. The minimum absolute atomic E-state index is 0.126. The van der Waals surface area contributed by atoms with E-state index in [2.05, 4.69) is 39.4 Å². The highest BCUT2D eigenvalue weighted by molar-refractivity contribution is 5.59. The van der Waals surface area contributed by atoms with E-state index in [1.807, 2.05) is 48.5 Å². The van der Waals surface area contributed by atoms with E-state index in [0.29, 0.717) is 0 Å². The van der Waals surface area contributed by atoms with E-state index in [1.165, 1.54) is 5.56 Å². The number of rotatable bonds is 5. The summed E-state index contributed by atoms with van der Waals surface area (Å²) in [5.74, 6) is 0.889. The first-order valence-corrected chi connectivity index (χ1v) is 9.57. The van der Waals surface area contributed by atoms with Crippen LogP contribution in [0.5, 0.6) is 0 Å². The van der Waals surface area contributed by atoms with Crippen LogP contribution in [0.15, 0.2) is 72.8 Å². The van der Waals surface area contributed by atoms with Gasteiger partial charge in [-0.15, -0.1) is 10.2 Å². The Morgan fingerprint density at radius 3 is 2.30 bits per heavy atom. The molecule has 1 aliphatic rings. The molecule has 4 heteroatoms. The quantitative estimate of drug-likeness (QED) is 0.749. The SMILES string of the molecule is OC[C@@]1(Cc2ccccc2)CCCN(c2ccc(-c3ccccc3)nn2)C1. The van der Waals surface area contributed by atoms with Gasteiger partial charge in [0.1, 0.15) is 0 Å². The highest BCUT2D eigenvalue weighted by Gasteiger charge is 2.35. The van der Waals surface area contributed by atoms with Crippen LogP contribution in [0.3, 0.4) is 0 Å². The first kappa shape index (κ1) is 17.7. The average molecular weight is 359 g/mol. The van der Waals surface area contributed by atoms with Crippen molar-refractivity contribution in [2.45, 2.75) is 19.3 Å². The van der Waals surface area contributed by atoms with Gasteiger partial charge in [-0.05, 0) is 37.0 Å². The van der Waals surface area contributed by atoms with Gasteiger partial charge in [-0.3, -0.25) is 0 Å². The molecule has 1 fully saturated rings. The van der Waals surface area contributed by atoms with Crippen LogP contribution in [0, 0.1) is 5.41 Å². The summed E-state index contributed by atoms with van der Waals surface area (Å²) in [6.45, 7) is 1.95. The predicted molar refractivity (Wildman–Crippen MR) is 109 cm³/mol. The van der Waals surface area contributed by atoms with Gasteiger partial charge in [-0.1, -0.05) is 60.7 Å². The fraction of sp³-hybridized carbons (Fsp3) is 0.304. The molecule has 3 aromatic rings. The van der Waals surface area contributed by atoms with Crippen LogP contribution in [0.1, 0.15) is 18.4 Å². The van der Waals surface area contributed by atoms with Crippen LogP contribution in [-0.4, -0.2) is 35.0 Å². The number of benzene rings is 2. The Bertz CT molecular complexity index is 852. The molecular weight excluding hydrogens is 334 g/mol. The zero-order valence-corrected chi connectivity index (χ0v) is 15.5. The molecule has 0 bridgehead atoms. The molecule has 0 radical (unpaired) electrons. The Balaban J connectivity index is 1.52. The van der Waals surface area contributed by atoms with Gasteiger partial charge in [-0.25, -0.2) is 0 Å². The largest absolute Gasteiger partial charge is 0.396 e. The van der Waals surface area contributed by atoms with Crippen molar-refractivity contribution in [3.63, 3.8) is 0 Å². The molecule has 0 saturated carbocycles. The first-order chi connectivity index (χ1) is 13.3. The second-order valence-corrected chi connectivity index (χ2v) is 7.49. The van der Waals surface area contributed by atoms with Crippen LogP contribution in [-0.2, 0) is 6.42 Å². The van der Waals surface area contributed by atoms with E-state index in [-0.39, 0.29) is 12.0 Å². The molecule has 1 aliphatic heterocycles. The lowest BCUT2D eigenvalue weighted by atomic mass is 9.76. The zero-order valence-electron chi connectivity index (χ0n) is 15.5. The van der Waals surface area contributed by atoms with E-state index in [4.69, 9.17) is 0 Å². The van der Waals surface area contributed by atoms with Gasteiger partial charge in [0.25, 0.3) is 0 Å². The topological polar surface area (TPSA) is 49.2 Å². The fourth-order valence-corrected chi connectivity index (χ4v) is 4.02. The second kappa shape index (κ2) is 7.89. The summed E-state index contributed by atoms with van der Waals surface area (Å²) in [4.78, 5) is 2.27. The van der Waals surface area contributed by atoms with E-state index in [0.717, 1.165) is 49.4 Å². The number of anilines is 1. The van der Waals surface area contributed by atoms with Crippen LogP contribution in [0.4, 0.5) is 5.82 Å². The predicted octanol–water partition coefficient (Wildman–Crippen LogP) is 3.97. The molecule has 1 N–H and O–H groups in total. The van der Waals surface area contributed by atoms with E-state index < -0.39 is 0 Å². The van der Waals surface area contributed by atoms with Gasteiger partial charge in [0.2, 0.25) is 0 Å². The molecule has 27 heavy (non-hydrogen) atoms. The van der Waals surface area contributed by atoms with Crippen molar-refractivity contribution in [2.75, 3.05) is 24.6 Å². The van der Waals surface area contributed by atoms with Crippen molar-refractivity contribution >= 4 is 5.82 Å². The molecule has 4 nitrogen and oxygen atoms in total. The van der Waals surface area contributed by atoms with Crippen LogP contribution >= 0.6 is 0 Å². The third-order valence-corrected chi connectivity index (χ3v) is 5.46. The standard InChI is InChI=1S/C23H25N3O/c27-18-23(16-19-8-3-1-4-9-19)14-7-15-26(17-23)22-13-12-21(24-25-22)20-10-5-2-6-11-20/h1-6,8-13,27H,7,14-18H2/t23-/m1/s1. The van der Waals surface area contributed by atoms with Crippen LogP contribution < -0.4 is 4.90 Å². The molecule has 0 unspecified atom stereocenters. The maximum atomic E-state index is 10.2. The lowest BCUT2D eigenvalue weighted by Crippen LogP contribution is -2.47. The summed E-state index contributed by atoms with van der Waals surface area (Å²) in [5.41, 5.74) is 3.11. The van der Waals surface area contributed by atoms with Gasteiger partial charge in [0.05, 0.1) is 12.3 Å². The van der Waals surface area contributed by atoms with E-state index in [1.54, 1.807) is 0 Å². The Hall–Kier alpha value is -2.72. The molecule has 4 rings (SSSR count). The Morgan fingerprint density at radius 2 is 1.63 bits per heavy atom. The smallest absolute Gasteiger partial charge is 0.151 e. The maximum Gasteiger partial charge on any atom is 0.151 e. The van der Waals surface area contributed by atoms with Crippen molar-refractivity contribution < 1.29 is 5.11 Å². The van der Waals surface area contributed by atoms with Crippen molar-refractivity contribution in [1.82, 2.24) is 10.2 Å². The number of piperidine rings is 1. The van der Waals surface area contributed by atoms with Gasteiger partial charge in [-0.2, -0.15) is 0 Å². The molecule has 0 aliphatic carbocycles. The normalized spacial score (nSPS) is 19.8. The molecular formula is C23H25N3O. The maximum absolute atomic E-state index is 10.2. The summed E-state index contributed by atoms with van der Waals surface area (Å²) < 4.78 is 0. The lowest BCUT2D eigenvalue weighted by Gasteiger charge is -2.42. The molecule has 0 amide bonds. The Labute approximate surface area is 160 Å². The lowest BCUT2D eigenvalue weighted by molar-refractivity contribution is 0.105. The van der Waals surface area contributed by atoms with Crippen LogP contribution in [0.25, 0.3) is 11.3 Å². The first-order valence-electron chi connectivity index (χ1n) is 9.57. The molecule has 2 aromatic carbocycles. The third-order valence-electron chi connectivity index (χ3n) is 5.46.